The van der Waals surface area contributed by atoms with Crippen LogP contribution in [0.3, 0.4) is 0 Å². The maximum Gasteiger partial charge on any atom is 0.258 e. The molecule has 186 valence electrons. The molecule has 3 rings (SSSR count). The normalized spacial score (nSPS) is 11.5. The molecule has 0 bridgehead atoms. The van der Waals surface area contributed by atoms with E-state index in [1.165, 1.54) is 12.0 Å². The van der Waals surface area contributed by atoms with Gasteiger partial charge in [0.25, 0.3) is 5.91 Å². The van der Waals surface area contributed by atoms with Crippen molar-refractivity contribution < 1.29 is 14.3 Å². The molecular weight excluding hydrogens is 487 g/mol. The number of ether oxygens (including phenoxy) is 1. The molecule has 2 amide bonds. The Hall–Kier alpha value is -3.03. The number of rotatable bonds is 7. The van der Waals surface area contributed by atoms with E-state index < -0.39 is 0 Å². The molecule has 0 spiro atoms. The second kappa shape index (κ2) is 10.7. The lowest BCUT2D eigenvalue weighted by Crippen LogP contribution is -2.42. The van der Waals surface area contributed by atoms with Crippen molar-refractivity contribution in [3.05, 3.63) is 69.8 Å². The van der Waals surface area contributed by atoms with Gasteiger partial charge in [-0.1, -0.05) is 56.1 Å². The molecule has 0 aliphatic heterocycles. The Labute approximate surface area is 216 Å². The molecule has 0 unspecified atom stereocenters. The van der Waals surface area contributed by atoms with E-state index in [0.717, 1.165) is 5.69 Å². The second-order valence-electron chi connectivity index (χ2n) is 9.45. The van der Waals surface area contributed by atoms with Gasteiger partial charge < -0.3 is 15.0 Å². The molecule has 0 atom stereocenters. The quantitative estimate of drug-likeness (QED) is 0.419. The fraction of sp³-hybridized carbons (Fsp3) is 0.346. The van der Waals surface area contributed by atoms with E-state index in [9.17, 15) is 9.59 Å². The SMILES string of the molecule is COc1ccccc1C(=O)N(CC(=O)Nc1cc(C(C)(C)C)nn1-c1ccc(Cl)c(Cl)c1)C(C)C. The zero-order valence-electron chi connectivity index (χ0n) is 20.7. The first kappa shape index (κ1) is 26.6. The minimum atomic E-state index is -0.358. The molecule has 1 heterocycles. The van der Waals surface area contributed by atoms with Gasteiger partial charge in [0, 0.05) is 17.5 Å². The summed E-state index contributed by atoms with van der Waals surface area (Å²) in [5.74, 6) is 0.271. The predicted octanol–water partition coefficient (Wildman–Crippen LogP) is 5.97. The molecule has 0 saturated carbocycles. The van der Waals surface area contributed by atoms with Gasteiger partial charge >= 0.3 is 0 Å². The summed E-state index contributed by atoms with van der Waals surface area (Å²) >= 11 is 12.3. The molecule has 1 aromatic heterocycles. The predicted molar refractivity (Wildman–Crippen MR) is 140 cm³/mol. The smallest absolute Gasteiger partial charge is 0.258 e. The number of carbonyl (C=O) groups excluding carboxylic acids is 2. The number of carbonyl (C=O) groups is 2. The number of halogens is 2. The van der Waals surface area contributed by atoms with Crippen molar-refractivity contribution in [2.75, 3.05) is 19.0 Å². The molecule has 3 aromatic rings. The number of nitrogens with zero attached hydrogens (tertiary/aromatic N) is 3. The number of hydrogen-bond acceptors (Lipinski definition) is 4. The first-order chi connectivity index (χ1) is 16.4. The molecular formula is C26H30Cl2N4O3. The fourth-order valence-corrected chi connectivity index (χ4v) is 3.74. The Morgan fingerprint density at radius 2 is 1.77 bits per heavy atom. The Bertz CT molecular complexity index is 1230. The van der Waals surface area contributed by atoms with E-state index in [0.29, 0.717) is 32.9 Å². The van der Waals surface area contributed by atoms with Crippen molar-refractivity contribution in [3.8, 4) is 11.4 Å². The van der Waals surface area contributed by atoms with Crippen molar-refractivity contribution in [1.29, 1.82) is 0 Å². The van der Waals surface area contributed by atoms with Crippen LogP contribution in [-0.4, -0.2) is 46.2 Å². The van der Waals surface area contributed by atoms with Crippen molar-refractivity contribution in [1.82, 2.24) is 14.7 Å². The van der Waals surface area contributed by atoms with E-state index >= 15 is 0 Å². The van der Waals surface area contributed by atoms with Crippen LogP contribution in [0, 0.1) is 0 Å². The topological polar surface area (TPSA) is 76.5 Å². The molecule has 0 saturated heterocycles. The first-order valence-electron chi connectivity index (χ1n) is 11.2. The van der Waals surface area contributed by atoms with E-state index in [4.69, 9.17) is 33.0 Å². The number of aromatic nitrogens is 2. The van der Waals surface area contributed by atoms with Crippen molar-refractivity contribution in [3.63, 3.8) is 0 Å². The van der Waals surface area contributed by atoms with Gasteiger partial charge in [-0.3, -0.25) is 9.59 Å². The minimum Gasteiger partial charge on any atom is -0.496 e. The van der Waals surface area contributed by atoms with Gasteiger partial charge in [-0.2, -0.15) is 5.10 Å². The standard InChI is InChI=1S/C26H30Cl2N4O3/c1-16(2)31(25(34)18-9-7-8-10-21(18)35-6)15-24(33)29-23-14-22(26(3,4)5)30-32(23)17-11-12-19(27)20(28)13-17/h7-14,16H,15H2,1-6H3,(H,29,33). The highest BCUT2D eigenvalue weighted by Gasteiger charge is 2.26. The summed E-state index contributed by atoms with van der Waals surface area (Å²) in [6.07, 6.45) is 0. The van der Waals surface area contributed by atoms with E-state index in [1.54, 1.807) is 47.1 Å². The van der Waals surface area contributed by atoms with Gasteiger partial charge in [0.1, 0.15) is 18.1 Å². The summed E-state index contributed by atoms with van der Waals surface area (Å²) in [5.41, 5.74) is 1.57. The number of amides is 2. The third-order valence-corrected chi connectivity index (χ3v) is 6.17. The van der Waals surface area contributed by atoms with Crippen molar-refractivity contribution >= 4 is 40.8 Å². The second-order valence-corrected chi connectivity index (χ2v) is 10.3. The van der Waals surface area contributed by atoms with Crippen molar-refractivity contribution in [2.24, 2.45) is 0 Å². The molecule has 0 aliphatic rings. The molecule has 0 fully saturated rings. The van der Waals surface area contributed by atoms with Crippen LogP contribution in [0.4, 0.5) is 5.82 Å². The zero-order chi connectivity index (χ0) is 25.9. The van der Waals surface area contributed by atoms with Crippen LogP contribution in [0.1, 0.15) is 50.7 Å². The van der Waals surface area contributed by atoms with Crippen LogP contribution in [0.15, 0.2) is 48.5 Å². The van der Waals surface area contributed by atoms with E-state index in [1.807, 2.05) is 40.7 Å². The summed E-state index contributed by atoms with van der Waals surface area (Å²) in [6, 6.07) is 13.7. The lowest BCUT2D eigenvalue weighted by Gasteiger charge is -2.27. The first-order valence-corrected chi connectivity index (χ1v) is 12.0. The lowest BCUT2D eigenvalue weighted by molar-refractivity contribution is -0.117. The average molecular weight is 517 g/mol. The molecule has 35 heavy (non-hydrogen) atoms. The molecule has 0 radical (unpaired) electrons. The van der Waals surface area contributed by atoms with Crippen LogP contribution in [-0.2, 0) is 10.2 Å². The van der Waals surface area contributed by atoms with E-state index in [2.05, 4.69) is 5.32 Å². The third-order valence-electron chi connectivity index (χ3n) is 5.43. The number of hydrogen-bond donors (Lipinski definition) is 1. The van der Waals surface area contributed by atoms with Crippen molar-refractivity contribution in [2.45, 2.75) is 46.1 Å². The van der Waals surface area contributed by atoms with Crippen LogP contribution >= 0.6 is 23.2 Å². The van der Waals surface area contributed by atoms with Gasteiger partial charge in [-0.15, -0.1) is 0 Å². The van der Waals surface area contributed by atoms with Gasteiger partial charge in [0.15, 0.2) is 0 Å². The number of benzene rings is 2. The summed E-state index contributed by atoms with van der Waals surface area (Å²) in [5, 5.41) is 8.41. The largest absolute Gasteiger partial charge is 0.496 e. The summed E-state index contributed by atoms with van der Waals surface area (Å²) in [4.78, 5) is 27.9. The summed E-state index contributed by atoms with van der Waals surface area (Å²) in [7, 11) is 1.51. The average Bonchev–Trinajstić information content (AvgIpc) is 3.22. The minimum absolute atomic E-state index is 0.147. The van der Waals surface area contributed by atoms with Gasteiger partial charge in [-0.05, 0) is 44.2 Å². The lowest BCUT2D eigenvalue weighted by atomic mass is 9.92. The van der Waals surface area contributed by atoms with Gasteiger partial charge in [-0.25, -0.2) is 4.68 Å². The van der Waals surface area contributed by atoms with Crippen LogP contribution in [0.5, 0.6) is 5.75 Å². The Morgan fingerprint density at radius 3 is 2.37 bits per heavy atom. The fourth-order valence-electron chi connectivity index (χ4n) is 3.45. The van der Waals surface area contributed by atoms with Crippen LogP contribution < -0.4 is 10.1 Å². The monoisotopic (exact) mass is 516 g/mol. The molecule has 0 aliphatic carbocycles. The summed E-state index contributed by atoms with van der Waals surface area (Å²) < 4.78 is 6.95. The molecule has 1 N–H and O–H groups in total. The maximum absolute atomic E-state index is 13.3. The number of para-hydroxylation sites is 1. The van der Waals surface area contributed by atoms with Gasteiger partial charge in [0.05, 0.1) is 34.1 Å². The van der Waals surface area contributed by atoms with Crippen LogP contribution in [0.2, 0.25) is 10.0 Å². The molecule has 7 nitrogen and oxygen atoms in total. The summed E-state index contributed by atoms with van der Waals surface area (Å²) in [6.45, 7) is 9.67. The highest BCUT2D eigenvalue weighted by molar-refractivity contribution is 6.42. The third kappa shape index (κ3) is 6.16. The van der Waals surface area contributed by atoms with Crippen LogP contribution in [0.25, 0.3) is 5.69 Å². The number of nitrogens with one attached hydrogen (secondary N) is 1. The Morgan fingerprint density at radius 1 is 1.09 bits per heavy atom. The molecule has 9 heteroatoms. The number of anilines is 1. The zero-order valence-corrected chi connectivity index (χ0v) is 22.2. The maximum atomic E-state index is 13.3. The number of methoxy groups -OCH3 is 1. The van der Waals surface area contributed by atoms with E-state index in [-0.39, 0.29) is 29.8 Å². The molecule has 2 aromatic carbocycles. The highest BCUT2D eigenvalue weighted by Crippen LogP contribution is 2.29. The Kier molecular flexibility index (Phi) is 8.13. The highest BCUT2D eigenvalue weighted by atomic mass is 35.5. The Balaban J connectivity index is 1.91. The van der Waals surface area contributed by atoms with Gasteiger partial charge in [0.2, 0.25) is 5.91 Å².